The van der Waals surface area contributed by atoms with E-state index in [1.165, 1.54) is 11.8 Å². The summed E-state index contributed by atoms with van der Waals surface area (Å²) >= 11 is 4.85. The van der Waals surface area contributed by atoms with Crippen LogP contribution in [0.25, 0.3) is 22.6 Å². The van der Waals surface area contributed by atoms with E-state index in [1.54, 1.807) is 0 Å². The van der Waals surface area contributed by atoms with E-state index in [9.17, 15) is 4.79 Å². The normalized spacial score (nSPS) is 12.2. The first-order chi connectivity index (χ1) is 14.5. The lowest BCUT2D eigenvalue weighted by molar-refractivity contribution is -0.119. The van der Waals surface area contributed by atoms with Crippen LogP contribution in [-0.4, -0.2) is 26.4 Å². The van der Waals surface area contributed by atoms with Gasteiger partial charge in [-0.05, 0) is 43.7 Å². The predicted octanol–water partition coefficient (Wildman–Crippen LogP) is 5.44. The molecule has 0 radical (unpaired) electrons. The Morgan fingerprint density at radius 1 is 1.20 bits per heavy atom. The molecule has 8 heteroatoms. The number of rotatable bonds is 7. The van der Waals surface area contributed by atoms with E-state index < -0.39 is 0 Å². The van der Waals surface area contributed by atoms with Crippen molar-refractivity contribution in [1.82, 2.24) is 20.1 Å². The molecule has 6 nitrogen and oxygen atoms in total. The first kappa shape index (κ1) is 20.7. The molecule has 0 spiro atoms. The topological polar surface area (TPSA) is 73.0 Å². The number of benzene rings is 2. The first-order valence-electron chi connectivity index (χ1n) is 9.65. The second-order valence-corrected chi connectivity index (χ2v) is 8.69. The number of carbonyl (C=O) groups is 1. The van der Waals surface area contributed by atoms with Crippen molar-refractivity contribution in [3.63, 3.8) is 0 Å². The van der Waals surface area contributed by atoms with Gasteiger partial charge in [0.25, 0.3) is 0 Å². The molecule has 2 aromatic heterocycles. The van der Waals surface area contributed by atoms with Crippen molar-refractivity contribution >= 4 is 44.6 Å². The van der Waals surface area contributed by atoms with Crippen LogP contribution < -0.4 is 5.32 Å². The second-order valence-electron chi connectivity index (χ2n) is 6.83. The van der Waals surface area contributed by atoms with E-state index in [0.29, 0.717) is 23.3 Å². The van der Waals surface area contributed by atoms with Crippen LogP contribution in [0.3, 0.4) is 0 Å². The van der Waals surface area contributed by atoms with Crippen molar-refractivity contribution in [1.29, 1.82) is 0 Å². The largest absolute Gasteiger partial charge is 0.453 e. The minimum absolute atomic E-state index is 0.0443. The summed E-state index contributed by atoms with van der Waals surface area (Å²) in [7, 11) is 0. The molecule has 0 fully saturated rings. The van der Waals surface area contributed by atoms with Gasteiger partial charge in [0, 0.05) is 16.4 Å². The van der Waals surface area contributed by atoms with Crippen LogP contribution in [-0.2, 0) is 11.3 Å². The van der Waals surface area contributed by atoms with Gasteiger partial charge in [-0.2, -0.15) is 0 Å². The number of nitrogens with one attached hydrogen (secondary N) is 1. The van der Waals surface area contributed by atoms with Crippen LogP contribution in [0.1, 0.15) is 25.5 Å². The number of hydrogen-bond donors (Lipinski definition) is 1. The Morgan fingerprint density at radius 2 is 2.00 bits per heavy atom. The zero-order valence-corrected chi connectivity index (χ0v) is 19.0. The molecule has 154 valence electrons. The van der Waals surface area contributed by atoms with Gasteiger partial charge in [0.15, 0.2) is 10.9 Å². The average Bonchev–Trinajstić information content (AvgIpc) is 3.35. The third-order valence-corrected chi connectivity index (χ3v) is 6.20. The molecular weight excluding hydrogens is 464 g/mol. The summed E-state index contributed by atoms with van der Waals surface area (Å²) in [5, 5.41) is 13.3. The van der Waals surface area contributed by atoms with E-state index >= 15 is 0 Å². The Balaban J connectivity index is 1.46. The average molecular weight is 485 g/mol. The molecule has 0 bridgehead atoms. The Kier molecular flexibility index (Phi) is 6.24. The molecule has 1 atom stereocenters. The van der Waals surface area contributed by atoms with Gasteiger partial charge in [-0.25, -0.2) is 0 Å². The Morgan fingerprint density at radius 3 is 2.77 bits per heavy atom. The number of nitrogens with zero attached hydrogens (tertiary/aromatic N) is 3. The molecular formula is C22H21BrN4O2S. The van der Waals surface area contributed by atoms with Crippen molar-refractivity contribution in [3.8, 4) is 11.6 Å². The number of carbonyl (C=O) groups excluding carboxylic acids is 1. The van der Waals surface area contributed by atoms with Crippen molar-refractivity contribution in [3.05, 3.63) is 64.6 Å². The van der Waals surface area contributed by atoms with Crippen LogP contribution >= 0.6 is 27.7 Å². The van der Waals surface area contributed by atoms with Gasteiger partial charge in [0.05, 0.1) is 11.8 Å². The number of thioether (sulfide) groups is 1. The third kappa shape index (κ3) is 4.44. The van der Waals surface area contributed by atoms with E-state index in [4.69, 9.17) is 4.42 Å². The van der Waals surface area contributed by atoms with E-state index in [2.05, 4.69) is 31.4 Å². The Labute approximate surface area is 187 Å². The third-order valence-electron chi connectivity index (χ3n) is 4.74. The van der Waals surface area contributed by atoms with Gasteiger partial charge in [0.2, 0.25) is 11.7 Å². The number of amides is 1. The summed E-state index contributed by atoms with van der Waals surface area (Å²) in [5.41, 5.74) is 1.87. The minimum Gasteiger partial charge on any atom is -0.453 e. The smallest absolute Gasteiger partial charge is 0.230 e. The maximum Gasteiger partial charge on any atom is 0.230 e. The Hall–Kier alpha value is -2.58. The molecule has 1 amide bonds. The highest BCUT2D eigenvalue weighted by atomic mass is 79.9. The predicted molar refractivity (Wildman–Crippen MR) is 122 cm³/mol. The quantitative estimate of drug-likeness (QED) is 0.353. The first-order valence-corrected chi connectivity index (χ1v) is 11.4. The molecule has 4 aromatic rings. The maximum atomic E-state index is 12.4. The van der Waals surface area contributed by atoms with Gasteiger partial charge < -0.3 is 9.73 Å². The van der Waals surface area contributed by atoms with Crippen molar-refractivity contribution < 1.29 is 9.21 Å². The van der Waals surface area contributed by atoms with Crippen LogP contribution in [0, 0.1) is 0 Å². The number of hydrogen-bond acceptors (Lipinski definition) is 5. The summed E-state index contributed by atoms with van der Waals surface area (Å²) in [6.45, 7) is 4.67. The fourth-order valence-electron chi connectivity index (χ4n) is 3.23. The van der Waals surface area contributed by atoms with Crippen molar-refractivity contribution in [2.45, 2.75) is 31.6 Å². The molecule has 2 heterocycles. The summed E-state index contributed by atoms with van der Waals surface area (Å²) < 4.78 is 8.91. The van der Waals surface area contributed by atoms with Crippen LogP contribution in [0.4, 0.5) is 0 Å². The molecule has 0 saturated carbocycles. The van der Waals surface area contributed by atoms with Gasteiger partial charge in [-0.15, -0.1) is 10.2 Å². The fourth-order valence-corrected chi connectivity index (χ4v) is 4.42. The Bertz CT molecular complexity index is 1170. The van der Waals surface area contributed by atoms with E-state index in [-0.39, 0.29) is 17.7 Å². The molecule has 4 rings (SSSR count). The molecule has 1 N–H and O–H groups in total. The lowest BCUT2D eigenvalue weighted by Crippen LogP contribution is -2.28. The molecule has 0 aliphatic carbocycles. The highest BCUT2D eigenvalue weighted by Gasteiger charge is 2.18. The molecule has 30 heavy (non-hydrogen) atoms. The van der Waals surface area contributed by atoms with Gasteiger partial charge >= 0.3 is 0 Å². The summed E-state index contributed by atoms with van der Waals surface area (Å²) in [5.74, 6) is 1.54. The summed E-state index contributed by atoms with van der Waals surface area (Å²) in [6.07, 6.45) is 0. The highest BCUT2D eigenvalue weighted by Crippen LogP contribution is 2.30. The van der Waals surface area contributed by atoms with Crippen molar-refractivity contribution in [2.75, 3.05) is 5.75 Å². The van der Waals surface area contributed by atoms with Crippen LogP contribution in [0.15, 0.2) is 68.6 Å². The minimum atomic E-state index is -0.0474. The molecule has 0 saturated heterocycles. The molecule has 0 aliphatic rings. The summed E-state index contributed by atoms with van der Waals surface area (Å²) in [6, 6.07) is 17.7. The molecule has 0 aliphatic heterocycles. The summed E-state index contributed by atoms with van der Waals surface area (Å²) in [4.78, 5) is 12.4. The lowest BCUT2D eigenvalue weighted by Gasteiger charge is -2.14. The lowest BCUT2D eigenvalue weighted by atomic mass is 10.1. The van der Waals surface area contributed by atoms with E-state index in [0.717, 1.165) is 21.0 Å². The number of furan rings is 1. The van der Waals surface area contributed by atoms with Crippen molar-refractivity contribution in [2.24, 2.45) is 0 Å². The number of aromatic nitrogens is 3. The number of fused-ring (bicyclic) bond motifs is 1. The van der Waals surface area contributed by atoms with E-state index in [1.807, 2.05) is 73.0 Å². The van der Waals surface area contributed by atoms with Gasteiger partial charge in [0.1, 0.15) is 5.58 Å². The molecule has 0 unspecified atom stereocenters. The van der Waals surface area contributed by atoms with Gasteiger partial charge in [-0.1, -0.05) is 58.0 Å². The zero-order valence-electron chi connectivity index (χ0n) is 16.6. The van der Waals surface area contributed by atoms with Crippen LogP contribution in [0.2, 0.25) is 0 Å². The zero-order chi connectivity index (χ0) is 21.1. The SMILES string of the molecule is CCn1c(SCC(=O)N[C@@H](C)c2ccccc2)nnc1-c1cc2cc(Br)ccc2o1. The second kappa shape index (κ2) is 9.06. The molecule has 2 aromatic carbocycles. The fraction of sp³-hybridized carbons (Fsp3) is 0.227. The maximum absolute atomic E-state index is 12.4. The monoisotopic (exact) mass is 484 g/mol. The standard InChI is InChI=1S/C22H21BrN4O2S/c1-3-27-21(19-12-16-11-17(23)9-10-18(16)29-19)25-26-22(27)30-13-20(28)24-14(2)15-7-5-4-6-8-15/h4-12,14H,3,13H2,1-2H3,(H,24,28)/t14-/m0/s1. The number of halogens is 1. The van der Waals surface area contributed by atoms with Crippen LogP contribution in [0.5, 0.6) is 0 Å². The van der Waals surface area contributed by atoms with Gasteiger partial charge in [-0.3, -0.25) is 9.36 Å². The highest BCUT2D eigenvalue weighted by molar-refractivity contribution is 9.10.